The van der Waals surface area contributed by atoms with E-state index in [1.807, 2.05) is 0 Å². The van der Waals surface area contributed by atoms with Crippen molar-refractivity contribution in [2.45, 2.75) is 13.0 Å². The van der Waals surface area contributed by atoms with Gasteiger partial charge < -0.3 is 10.4 Å². The smallest absolute Gasteiger partial charge is 0.317 e. The summed E-state index contributed by atoms with van der Waals surface area (Å²) >= 11 is 0. The number of carbonyl (C=O) groups excluding carboxylic acids is 1. The van der Waals surface area contributed by atoms with E-state index < -0.39 is 12.0 Å². The summed E-state index contributed by atoms with van der Waals surface area (Å²) in [6.07, 6.45) is 0. The van der Waals surface area contributed by atoms with Crippen LogP contribution >= 0.6 is 0 Å². The van der Waals surface area contributed by atoms with Crippen molar-refractivity contribution in [1.82, 2.24) is 10.2 Å². The number of nitrogens with one attached hydrogen (secondary N) is 1. The molecule has 1 atom stereocenters. The number of rotatable bonds is 4. The summed E-state index contributed by atoms with van der Waals surface area (Å²) in [6, 6.07) is -0.411. The molecule has 1 amide bonds. The molecule has 0 aliphatic carbocycles. The molecule has 0 aliphatic rings. The average Bonchev–Trinajstić information content (AvgIpc) is 2.00. The fourth-order valence-corrected chi connectivity index (χ4v) is 0.759. The topological polar surface area (TPSA) is 69.6 Å². The summed E-state index contributed by atoms with van der Waals surface area (Å²) in [6.45, 7) is 1.52. The van der Waals surface area contributed by atoms with Crippen molar-refractivity contribution < 1.29 is 14.7 Å². The molecule has 0 saturated heterocycles. The van der Waals surface area contributed by atoms with E-state index in [0.29, 0.717) is 0 Å². The second-order valence-electron chi connectivity index (χ2n) is 2.60. The Labute approximate surface area is 71.4 Å². The monoisotopic (exact) mass is 174 g/mol. The van der Waals surface area contributed by atoms with Gasteiger partial charge in [-0.2, -0.15) is 0 Å². The van der Waals surface area contributed by atoms with Gasteiger partial charge in [-0.1, -0.05) is 0 Å². The second kappa shape index (κ2) is 4.71. The fourth-order valence-electron chi connectivity index (χ4n) is 0.759. The van der Waals surface area contributed by atoms with Crippen LogP contribution in [0.15, 0.2) is 0 Å². The van der Waals surface area contributed by atoms with Gasteiger partial charge in [0.25, 0.3) is 0 Å². The van der Waals surface area contributed by atoms with Crippen LogP contribution < -0.4 is 5.32 Å². The van der Waals surface area contributed by atoms with E-state index in [1.54, 1.807) is 14.0 Å². The van der Waals surface area contributed by atoms with E-state index in [-0.39, 0.29) is 12.5 Å². The van der Waals surface area contributed by atoms with Gasteiger partial charge in [-0.05, 0) is 14.0 Å². The average molecular weight is 174 g/mol. The quantitative estimate of drug-likeness (QED) is 0.581. The number of aliphatic carboxylic acids is 1. The number of likely N-dealkylation sites (N-methyl/N-ethyl adjacent to an activating group) is 2. The number of carbonyl (C=O) groups is 2. The van der Waals surface area contributed by atoms with Crippen molar-refractivity contribution in [2.75, 3.05) is 20.6 Å². The molecule has 0 aromatic rings. The fraction of sp³-hybridized carbons (Fsp3) is 0.714. The van der Waals surface area contributed by atoms with Gasteiger partial charge in [-0.25, -0.2) is 0 Å². The van der Waals surface area contributed by atoms with Crippen molar-refractivity contribution in [3.05, 3.63) is 0 Å². The van der Waals surface area contributed by atoms with Crippen molar-refractivity contribution in [1.29, 1.82) is 0 Å². The molecule has 0 heterocycles. The predicted octanol–water partition coefficient (Wildman–Crippen LogP) is -0.863. The van der Waals surface area contributed by atoms with Gasteiger partial charge in [0.1, 0.15) is 0 Å². The van der Waals surface area contributed by atoms with E-state index in [0.717, 1.165) is 0 Å². The Balaban J connectivity index is 4.00. The van der Waals surface area contributed by atoms with Crippen LogP contribution in [0.3, 0.4) is 0 Å². The summed E-state index contributed by atoms with van der Waals surface area (Å²) in [5.74, 6) is -1.12. The summed E-state index contributed by atoms with van der Waals surface area (Å²) in [7, 11) is 3.11. The summed E-state index contributed by atoms with van der Waals surface area (Å²) in [4.78, 5) is 22.7. The molecule has 5 nitrogen and oxygen atoms in total. The zero-order valence-corrected chi connectivity index (χ0v) is 7.50. The number of amides is 1. The molecule has 0 bridgehead atoms. The van der Waals surface area contributed by atoms with E-state index in [2.05, 4.69) is 5.32 Å². The highest BCUT2D eigenvalue weighted by atomic mass is 16.4. The van der Waals surface area contributed by atoms with Crippen LogP contribution in [0.5, 0.6) is 0 Å². The Morgan fingerprint density at radius 2 is 2.08 bits per heavy atom. The van der Waals surface area contributed by atoms with Gasteiger partial charge >= 0.3 is 5.97 Å². The maximum absolute atomic E-state index is 11.0. The predicted molar refractivity (Wildman–Crippen MR) is 43.8 cm³/mol. The van der Waals surface area contributed by atoms with Gasteiger partial charge in [0, 0.05) is 7.05 Å². The highest BCUT2D eigenvalue weighted by Crippen LogP contribution is 1.93. The molecular weight excluding hydrogens is 160 g/mol. The highest BCUT2D eigenvalue weighted by Gasteiger charge is 2.17. The van der Waals surface area contributed by atoms with E-state index in [9.17, 15) is 9.59 Å². The van der Waals surface area contributed by atoms with Crippen molar-refractivity contribution in [2.24, 2.45) is 0 Å². The lowest BCUT2D eigenvalue weighted by molar-refractivity contribution is -0.139. The van der Waals surface area contributed by atoms with Crippen molar-refractivity contribution in [3.63, 3.8) is 0 Å². The van der Waals surface area contributed by atoms with E-state index in [4.69, 9.17) is 5.11 Å². The molecule has 5 heteroatoms. The van der Waals surface area contributed by atoms with Gasteiger partial charge in [-0.15, -0.1) is 0 Å². The number of nitrogens with zero attached hydrogens (tertiary/aromatic N) is 1. The third-order valence-corrected chi connectivity index (χ3v) is 1.67. The molecule has 0 saturated carbocycles. The Hall–Kier alpha value is -1.10. The number of hydrogen-bond acceptors (Lipinski definition) is 3. The van der Waals surface area contributed by atoms with Gasteiger partial charge in [0.05, 0.1) is 12.6 Å². The first-order valence-electron chi connectivity index (χ1n) is 3.62. The molecule has 0 fully saturated rings. The van der Waals surface area contributed by atoms with Crippen LogP contribution in [0.2, 0.25) is 0 Å². The lowest BCUT2D eigenvalue weighted by Crippen LogP contribution is -2.43. The summed E-state index contributed by atoms with van der Waals surface area (Å²) in [5, 5.41) is 10.9. The van der Waals surface area contributed by atoms with Crippen LogP contribution in [0.25, 0.3) is 0 Å². The van der Waals surface area contributed by atoms with E-state index >= 15 is 0 Å². The maximum atomic E-state index is 11.0. The zero-order chi connectivity index (χ0) is 9.72. The molecule has 0 aromatic heterocycles. The van der Waals surface area contributed by atoms with Gasteiger partial charge in [-0.3, -0.25) is 14.5 Å². The van der Waals surface area contributed by atoms with Crippen LogP contribution in [0, 0.1) is 0 Å². The molecule has 1 unspecified atom stereocenters. The standard InChI is InChI=1S/C7H14N2O3/c1-5(7(12)8-2)9(3)4-6(10)11/h5H,4H2,1-3H3,(H,8,12)(H,10,11). The number of carboxylic acids is 1. The first-order valence-corrected chi connectivity index (χ1v) is 3.62. The molecule has 2 N–H and O–H groups in total. The lowest BCUT2D eigenvalue weighted by Gasteiger charge is -2.20. The third kappa shape index (κ3) is 3.34. The Morgan fingerprint density at radius 3 is 2.42 bits per heavy atom. The molecule has 0 aliphatic heterocycles. The zero-order valence-electron chi connectivity index (χ0n) is 7.50. The lowest BCUT2D eigenvalue weighted by atomic mass is 10.3. The number of hydrogen-bond donors (Lipinski definition) is 2. The molecule has 70 valence electrons. The molecule has 0 radical (unpaired) electrons. The minimum Gasteiger partial charge on any atom is -0.480 e. The Kier molecular flexibility index (Phi) is 4.28. The van der Waals surface area contributed by atoms with Gasteiger partial charge in [0.2, 0.25) is 5.91 Å². The minimum absolute atomic E-state index is 0.130. The third-order valence-electron chi connectivity index (χ3n) is 1.67. The van der Waals surface area contributed by atoms with Crippen molar-refractivity contribution in [3.8, 4) is 0 Å². The SMILES string of the molecule is CNC(=O)C(C)N(C)CC(=O)O. The highest BCUT2D eigenvalue weighted by molar-refractivity contribution is 5.81. The molecular formula is C7H14N2O3. The molecule has 12 heavy (non-hydrogen) atoms. The first-order chi connectivity index (χ1) is 5.49. The first kappa shape index (κ1) is 10.9. The van der Waals surface area contributed by atoms with Gasteiger partial charge in [0.15, 0.2) is 0 Å². The molecule has 0 spiro atoms. The van der Waals surface area contributed by atoms with E-state index in [1.165, 1.54) is 11.9 Å². The van der Waals surface area contributed by atoms with Crippen LogP contribution in [0.4, 0.5) is 0 Å². The second-order valence-corrected chi connectivity index (χ2v) is 2.60. The van der Waals surface area contributed by atoms with Crippen LogP contribution in [-0.4, -0.2) is 48.6 Å². The van der Waals surface area contributed by atoms with Crippen LogP contribution in [0.1, 0.15) is 6.92 Å². The summed E-state index contributed by atoms with van der Waals surface area (Å²) in [5.41, 5.74) is 0. The Morgan fingerprint density at radius 1 is 1.58 bits per heavy atom. The maximum Gasteiger partial charge on any atom is 0.317 e. The van der Waals surface area contributed by atoms with Crippen molar-refractivity contribution >= 4 is 11.9 Å². The molecule has 0 aromatic carbocycles. The Bertz CT molecular complexity index is 181. The normalized spacial score (nSPS) is 12.7. The number of carboxylic acid groups (broad SMARTS) is 1. The van der Waals surface area contributed by atoms with Crippen LogP contribution in [-0.2, 0) is 9.59 Å². The summed E-state index contributed by atoms with van der Waals surface area (Å²) < 4.78 is 0. The minimum atomic E-state index is -0.937. The largest absolute Gasteiger partial charge is 0.480 e. The molecule has 0 rings (SSSR count).